The van der Waals surface area contributed by atoms with Crippen LogP contribution >= 0.6 is 11.3 Å². The van der Waals surface area contributed by atoms with E-state index in [2.05, 4.69) is 55.3 Å². The van der Waals surface area contributed by atoms with Crippen LogP contribution in [0.1, 0.15) is 36.2 Å². The summed E-state index contributed by atoms with van der Waals surface area (Å²) in [6.45, 7) is 9.61. The van der Waals surface area contributed by atoms with Crippen LogP contribution in [-0.2, 0) is 12.0 Å². The highest BCUT2D eigenvalue weighted by molar-refractivity contribution is 7.11. The largest absolute Gasteiger partial charge is 0.380 e. The molecule has 0 aliphatic rings. The molecule has 0 spiro atoms. The van der Waals surface area contributed by atoms with E-state index >= 15 is 0 Å². The van der Waals surface area contributed by atoms with E-state index in [1.165, 1.54) is 16.1 Å². The molecule has 1 heterocycles. The lowest BCUT2D eigenvalue weighted by molar-refractivity contribution is 0.591. The van der Waals surface area contributed by atoms with Crippen molar-refractivity contribution < 1.29 is 0 Å². The van der Waals surface area contributed by atoms with E-state index in [1.54, 1.807) is 11.3 Å². The number of nitrogens with one attached hydrogen (secondary N) is 1. The molecule has 0 atom stereocenters. The zero-order valence-corrected chi connectivity index (χ0v) is 12.3. The normalized spacial score (nSPS) is 11.6. The molecule has 0 amide bonds. The van der Waals surface area contributed by atoms with Crippen LogP contribution in [0.2, 0.25) is 0 Å². The van der Waals surface area contributed by atoms with E-state index in [1.807, 2.05) is 13.1 Å². The van der Waals surface area contributed by atoms with Crippen molar-refractivity contribution in [3.05, 3.63) is 45.9 Å². The third kappa shape index (κ3) is 3.10. The minimum Gasteiger partial charge on any atom is -0.380 e. The van der Waals surface area contributed by atoms with E-state index in [0.717, 1.165) is 11.6 Å². The van der Waals surface area contributed by atoms with Crippen LogP contribution in [0.5, 0.6) is 0 Å². The first kappa shape index (κ1) is 13.1. The summed E-state index contributed by atoms with van der Waals surface area (Å²) in [6, 6.07) is 8.52. The van der Waals surface area contributed by atoms with Crippen molar-refractivity contribution in [2.24, 2.45) is 0 Å². The summed E-state index contributed by atoms with van der Waals surface area (Å²) in [4.78, 5) is 5.55. The van der Waals surface area contributed by atoms with Crippen molar-refractivity contribution in [1.82, 2.24) is 4.98 Å². The Bertz CT molecular complexity index is 523. The molecule has 2 nitrogen and oxygen atoms in total. The molecule has 0 aliphatic carbocycles. The molecular formula is C15H20N2S. The second-order valence-corrected chi connectivity index (χ2v) is 6.81. The Morgan fingerprint density at radius 3 is 2.56 bits per heavy atom. The van der Waals surface area contributed by atoms with Crippen molar-refractivity contribution in [1.29, 1.82) is 0 Å². The van der Waals surface area contributed by atoms with Crippen molar-refractivity contribution in [3.8, 4) is 0 Å². The Balaban J connectivity index is 2.14. The van der Waals surface area contributed by atoms with Gasteiger partial charge in [0.05, 0.1) is 11.6 Å². The highest BCUT2D eigenvalue weighted by Crippen LogP contribution is 2.29. The van der Waals surface area contributed by atoms with Gasteiger partial charge < -0.3 is 5.32 Å². The molecule has 1 aromatic heterocycles. The van der Waals surface area contributed by atoms with E-state index in [9.17, 15) is 0 Å². The maximum Gasteiger partial charge on any atom is 0.0897 e. The van der Waals surface area contributed by atoms with Gasteiger partial charge in [-0.25, -0.2) is 4.98 Å². The van der Waals surface area contributed by atoms with E-state index in [4.69, 9.17) is 0 Å². The van der Waals surface area contributed by atoms with Gasteiger partial charge in [0.1, 0.15) is 0 Å². The van der Waals surface area contributed by atoms with Crippen LogP contribution in [0.15, 0.2) is 30.5 Å². The summed E-state index contributed by atoms with van der Waals surface area (Å²) in [5, 5.41) is 4.64. The molecule has 2 aromatic rings. The van der Waals surface area contributed by atoms with Crippen LogP contribution in [-0.4, -0.2) is 4.98 Å². The highest BCUT2D eigenvalue weighted by atomic mass is 32.1. The summed E-state index contributed by atoms with van der Waals surface area (Å²) < 4.78 is 0. The number of aromatic nitrogens is 1. The van der Waals surface area contributed by atoms with Gasteiger partial charge in [-0.05, 0) is 24.0 Å². The Kier molecular flexibility index (Phi) is 3.71. The SMILES string of the molecule is Cc1ncc(CNc2ccccc2C(C)(C)C)s1. The number of nitrogens with zero attached hydrogens (tertiary/aromatic N) is 1. The summed E-state index contributed by atoms with van der Waals surface area (Å²) in [7, 11) is 0. The molecule has 0 saturated heterocycles. The number of hydrogen-bond donors (Lipinski definition) is 1. The van der Waals surface area contributed by atoms with Gasteiger partial charge in [0.2, 0.25) is 0 Å². The molecule has 18 heavy (non-hydrogen) atoms. The fraction of sp³-hybridized carbons (Fsp3) is 0.400. The molecule has 3 heteroatoms. The molecule has 1 aromatic carbocycles. The molecule has 0 bridgehead atoms. The second-order valence-electron chi connectivity index (χ2n) is 5.49. The fourth-order valence-corrected chi connectivity index (χ4v) is 2.70. The number of hydrogen-bond acceptors (Lipinski definition) is 3. The number of thiazole rings is 1. The second kappa shape index (κ2) is 5.11. The van der Waals surface area contributed by atoms with Gasteiger partial charge in [0.25, 0.3) is 0 Å². The summed E-state index contributed by atoms with van der Waals surface area (Å²) in [5.74, 6) is 0. The smallest absolute Gasteiger partial charge is 0.0897 e. The van der Waals surface area contributed by atoms with Crippen molar-refractivity contribution in [3.63, 3.8) is 0 Å². The summed E-state index contributed by atoms with van der Waals surface area (Å²) in [6.07, 6.45) is 1.95. The fourth-order valence-electron chi connectivity index (χ4n) is 1.96. The lowest BCUT2D eigenvalue weighted by atomic mass is 9.86. The maximum atomic E-state index is 4.28. The van der Waals surface area contributed by atoms with E-state index in [-0.39, 0.29) is 5.41 Å². The van der Waals surface area contributed by atoms with Crippen LogP contribution in [0.4, 0.5) is 5.69 Å². The molecule has 96 valence electrons. The summed E-state index contributed by atoms with van der Waals surface area (Å²) >= 11 is 1.75. The average molecular weight is 260 g/mol. The Labute approximate surface area is 113 Å². The standard InChI is InChI=1S/C15H20N2S/c1-11-16-9-12(18-11)10-17-14-8-6-5-7-13(14)15(2,3)4/h5-9,17H,10H2,1-4H3. The third-order valence-electron chi connectivity index (χ3n) is 2.86. The first-order valence-electron chi connectivity index (χ1n) is 6.21. The Morgan fingerprint density at radius 2 is 1.94 bits per heavy atom. The summed E-state index contributed by atoms with van der Waals surface area (Å²) in [5.41, 5.74) is 2.73. The number of anilines is 1. The minimum atomic E-state index is 0.160. The number of benzene rings is 1. The van der Waals surface area contributed by atoms with Crippen molar-refractivity contribution in [2.45, 2.75) is 39.7 Å². The topological polar surface area (TPSA) is 24.9 Å². The van der Waals surface area contributed by atoms with E-state index in [0.29, 0.717) is 0 Å². The highest BCUT2D eigenvalue weighted by Gasteiger charge is 2.17. The quantitative estimate of drug-likeness (QED) is 0.887. The minimum absolute atomic E-state index is 0.160. The third-order valence-corrected chi connectivity index (χ3v) is 3.77. The van der Waals surface area contributed by atoms with Crippen LogP contribution in [0.25, 0.3) is 0 Å². The van der Waals surface area contributed by atoms with E-state index < -0.39 is 0 Å². The molecule has 0 unspecified atom stereocenters. The van der Waals surface area contributed by atoms with Crippen LogP contribution < -0.4 is 5.32 Å². The Hall–Kier alpha value is -1.35. The zero-order valence-electron chi connectivity index (χ0n) is 11.4. The van der Waals surface area contributed by atoms with Crippen molar-refractivity contribution in [2.75, 3.05) is 5.32 Å². The first-order valence-corrected chi connectivity index (χ1v) is 7.03. The van der Waals surface area contributed by atoms with Crippen molar-refractivity contribution >= 4 is 17.0 Å². The lowest BCUT2D eigenvalue weighted by Gasteiger charge is -2.23. The number of aryl methyl sites for hydroxylation is 1. The molecular weight excluding hydrogens is 240 g/mol. The van der Waals surface area contributed by atoms with Crippen LogP contribution in [0.3, 0.4) is 0 Å². The molecule has 2 rings (SSSR count). The van der Waals surface area contributed by atoms with Gasteiger partial charge in [-0.3, -0.25) is 0 Å². The molecule has 1 N–H and O–H groups in total. The molecule has 0 radical (unpaired) electrons. The predicted molar refractivity (Wildman–Crippen MR) is 79.3 cm³/mol. The first-order chi connectivity index (χ1) is 8.47. The maximum absolute atomic E-state index is 4.28. The molecule has 0 fully saturated rings. The monoisotopic (exact) mass is 260 g/mol. The van der Waals surface area contributed by atoms with Gasteiger partial charge >= 0.3 is 0 Å². The number of para-hydroxylation sites is 1. The Morgan fingerprint density at radius 1 is 1.22 bits per heavy atom. The lowest BCUT2D eigenvalue weighted by Crippen LogP contribution is -2.14. The van der Waals surface area contributed by atoms with Gasteiger partial charge in [-0.2, -0.15) is 0 Å². The predicted octanol–water partition coefficient (Wildman–Crippen LogP) is 4.36. The molecule has 0 aliphatic heterocycles. The average Bonchev–Trinajstić information content (AvgIpc) is 2.72. The van der Waals surface area contributed by atoms with Gasteiger partial charge in [0.15, 0.2) is 0 Å². The van der Waals surface area contributed by atoms with Gasteiger partial charge in [0, 0.05) is 16.8 Å². The zero-order chi connectivity index (χ0) is 13.2. The van der Waals surface area contributed by atoms with Gasteiger partial charge in [-0.1, -0.05) is 39.0 Å². The van der Waals surface area contributed by atoms with Gasteiger partial charge in [-0.15, -0.1) is 11.3 Å². The molecule has 0 saturated carbocycles. The van der Waals surface area contributed by atoms with Crippen LogP contribution in [0, 0.1) is 6.92 Å². The number of rotatable bonds is 3.